The highest BCUT2D eigenvalue weighted by atomic mass is 32.3. The van der Waals surface area contributed by atoms with Crippen molar-refractivity contribution in [2.24, 2.45) is 0 Å². The molecule has 0 aliphatic carbocycles. The molecule has 10 nitrogen and oxygen atoms in total. The van der Waals surface area contributed by atoms with E-state index in [1.165, 1.54) is 66.9 Å². The van der Waals surface area contributed by atoms with Crippen LogP contribution in [-0.4, -0.2) is 98.5 Å². The summed E-state index contributed by atoms with van der Waals surface area (Å²) in [4.78, 5) is 5.46. The molecule has 8 rings (SSSR count). The first-order valence-corrected chi connectivity index (χ1v) is 27.9. The largest absolute Gasteiger partial charge is 0.386 e. The lowest BCUT2D eigenvalue weighted by Crippen LogP contribution is -2.55. The summed E-state index contributed by atoms with van der Waals surface area (Å²) < 4.78 is 84.7. The molecule has 2 saturated heterocycles. The van der Waals surface area contributed by atoms with Crippen molar-refractivity contribution in [3.8, 4) is 0 Å². The Morgan fingerprint density at radius 2 is 0.909 bits per heavy atom. The Morgan fingerprint density at radius 3 is 1.23 bits per heavy atom. The summed E-state index contributed by atoms with van der Waals surface area (Å²) >= 11 is 5.22. The summed E-state index contributed by atoms with van der Waals surface area (Å²) in [6.45, 7) is 9.37. The monoisotopic (exact) mass is 1010 g/mol. The highest BCUT2D eigenvalue weighted by molar-refractivity contribution is 7.99. The number of hydrogen-bond donors (Lipinski definition) is 2. The zero-order valence-corrected chi connectivity index (χ0v) is 41.9. The van der Waals surface area contributed by atoms with E-state index in [9.17, 15) is 35.8 Å². The van der Waals surface area contributed by atoms with Gasteiger partial charge in [0.15, 0.2) is 0 Å². The number of benzene rings is 4. The van der Waals surface area contributed by atoms with E-state index in [2.05, 4.69) is 9.80 Å². The maximum Gasteiger partial charge on any atom is 0.252 e. The fourth-order valence-corrected chi connectivity index (χ4v) is 15.0. The summed E-state index contributed by atoms with van der Waals surface area (Å²) in [6.07, 6.45) is 0. The van der Waals surface area contributed by atoms with Crippen molar-refractivity contribution in [3.63, 3.8) is 0 Å². The molecule has 2 atom stereocenters. The van der Waals surface area contributed by atoms with Gasteiger partial charge in [-0.05, 0) is 110 Å². The van der Waals surface area contributed by atoms with Gasteiger partial charge >= 0.3 is 0 Å². The average molecular weight is 1010 g/mol. The van der Waals surface area contributed by atoms with E-state index in [-0.39, 0.29) is 23.7 Å². The minimum absolute atomic E-state index is 0.147. The number of piperazine rings is 2. The van der Waals surface area contributed by atoms with Crippen LogP contribution in [0.3, 0.4) is 0 Å². The SMILES string of the molecule is CC(C)(O)c1ccc(N2CCN(S(=O)(=O)c3cccs3)C[C@@H]2CSc2ccccc2F)cc1.CC(C)(O)c1ccc(N2CCN(S(=O)(=O)c3cccs3)C[C@@H]2CSc2ccccc2F)cc1. The molecular formula is C48H54F2N4O6S6. The predicted octanol–water partition coefficient (Wildman–Crippen LogP) is 9.57. The van der Waals surface area contributed by atoms with Crippen molar-refractivity contribution in [2.45, 2.75) is 69.2 Å². The lowest BCUT2D eigenvalue weighted by molar-refractivity contribution is 0.0780. The Balaban J connectivity index is 0.000000196. The van der Waals surface area contributed by atoms with Gasteiger partial charge in [0.05, 0.1) is 23.3 Å². The third-order valence-electron chi connectivity index (χ3n) is 11.4. The molecule has 6 aromatic rings. The molecule has 4 heterocycles. The molecule has 0 spiro atoms. The maximum absolute atomic E-state index is 14.2. The van der Waals surface area contributed by atoms with Crippen LogP contribution in [0.4, 0.5) is 20.2 Å². The number of halogens is 2. The Bertz CT molecular complexity index is 2540. The minimum Gasteiger partial charge on any atom is -0.386 e. The molecule has 0 bridgehead atoms. The van der Waals surface area contributed by atoms with Crippen molar-refractivity contribution in [3.05, 3.63) is 155 Å². The highest BCUT2D eigenvalue weighted by Gasteiger charge is 2.37. The Morgan fingerprint density at radius 1 is 0.545 bits per heavy atom. The number of thiophene rings is 2. The molecule has 0 saturated carbocycles. The maximum atomic E-state index is 14.2. The number of sulfonamides is 2. The van der Waals surface area contributed by atoms with Crippen molar-refractivity contribution < 1.29 is 35.8 Å². The first-order valence-electron chi connectivity index (χ1n) is 21.3. The topological polar surface area (TPSA) is 122 Å². The van der Waals surface area contributed by atoms with Crippen LogP contribution in [0.5, 0.6) is 0 Å². The first kappa shape index (κ1) is 50.1. The van der Waals surface area contributed by atoms with E-state index in [0.717, 1.165) is 22.5 Å². The summed E-state index contributed by atoms with van der Waals surface area (Å²) in [5, 5.41) is 24.1. The van der Waals surface area contributed by atoms with Crippen molar-refractivity contribution in [1.82, 2.24) is 8.61 Å². The molecule has 0 radical (unpaired) electrons. The number of hydrogen-bond acceptors (Lipinski definition) is 12. The second-order valence-electron chi connectivity index (χ2n) is 17.0. The van der Waals surface area contributed by atoms with Gasteiger partial charge in [0.1, 0.15) is 20.1 Å². The average Bonchev–Trinajstić information content (AvgIpc) is 4.06. The van der Waals surface area contributed by atoms with Crippen LogP contribution in [0.15, 0.2) is 150 Å². The van der Waals surface area contributed by atoms with Gasteiger partial charge in [0.25, 0.3) is 20.0 Å². The summed E-state index contributed by atoms with van der Waals surface area (Å²) in [5.74, 6) is 0.514. The molecule has 352 valence electrons. The molecule has 2 aliphatic heterocycles. The van der Waals surface area contributed by atoms with Gasteiger partial charge in [-0.15, -0.1) is 46.2 Å². The van der Waals surface area contributed by atoms with Gasteiger partial charge in [-0.1, -0.05) is 60.7 Å². The van der Waals surface area contributed by atoms with Gasteiger partial charge in [0, 0.05) is 71.9 Å². The number of anilines is 2. The molecule has 0 unspecified atom stereocenters. The zero-order chi connectivity index (χ0) is 47.3. The standard InChI is InChI=1S/2C24H27FN2O3S3/c2*1-24(2,28)18-9-11-19(12-10-18)27-14-13-26(33(29,30)23-8-5-15-31-23)16-20(27)17-32-22-7-4-3-6-21(22)25/h2*3-12,15,20,28H,13-14,16-17H2,1-2H3/t2*20-/m11/s1. The molecule has 2 fully saturated rings. The normalized spacial score (nSPS) is 17.9. The molecular weight excluding hydrogens is 959 g/mol. The van der Waals surface area contributed by atoms with E-state index in [1.54, 1.807) is 99.1 Å². The fourth-order valence-electron chi connectivity index (χ4n) is 7.75. The number of nitrogens with zero attached hydrogens (tertiary/aromatic N) is 4. The summed E-state index contributed by atoms with van der Waals surface area (Å²) in [6, 6.07) is 35.1. The third-order valence-corrected chi connectivity index (χ3v) is 20.3. The fraction of sp³-hybridized carbons (Fsp3) is 0.333. The van der Waals surface area contributed by atoms with Crippen LogP contribution in [0.25, 0.3) is 0 Å². The quantitative estimate of drug-likeness (QED) is 0.102. The van der Waals surface area contributed by atoms with E-state index < -0.39 is 31.2 Å². The first-order chi connectivity index (χ1) is 31.3. The van der Waals surface area contributed by atoms with Gasteiger partial charge < -0.3 is 20.0 Å². The second kappa shape index (κ2) is 21.2. The van der Waals surface area contributed by atoms with Crippen molar-refractivity contribution in [2.75, 3.05) is 60.6 Å². The number of aliphatic hydroxyl groups is 2. The Hall–Kier alpha value is -3.82. The molecule has 2 N–H and O–H groups in total. The number of rotatable bonds is 14. The lowest BCUT2D eigenvalue weighted by Gasteiger charge is -2.42. The Kier molecular flexibility index (Phi) is 16.1. The van der Waals surface area contributed by atoms with Crippen LogP contribution >= 0.6 is 46.2 Å². The van der Waals surface area contributed by atoms with Crippen LogP contribution in [-0.2, 0) is 31.2 Å². The second-order valence-corrected chi connectivity index (χ2v) is 25.3. The van der Waals surface area contributed by atoms with Crippen LogP contribution < -0.4 is 9.80 Å². The molecule has 18 heteroatoms. The summed E-state index contributed by atoms with van der Waals surface area (Å²) in [7, 11) is -7.13. The highest BCUT2D eigenvalue weighted by Crippen LogP contribution is 2.34. The molecule has 66 heavy (non-hydrogen) atoms. The molecule has 2 aromatic heterocycles. The van der Waals surface area contributed by atoms with E-state index in [0.29, 0.717) is 69.0 Å². The van der Waals surface area contributed by atoms with Gasteiger partial charge in [-0.3, -0.25) is 0 Å². The van der Waals surface area contributed by atoms with E-state index in [1.807, 2.05) is 48.5 Å². The van der Waals surface area contributed by atoms with E-state index in [4.69, 9.17) is 0 Å². The van der Waals surface area contributed by atoms with E-state index >= 15 is 0 Å². The third kappa shape index (κ3) is 12.1. The van der Waals surface area contributed by atoms with Crippen LogP contribution in [0.2, 0.25) is 0 Å². The Labute approximate surface area is 404 Å². The summed E-state index contributed by atoms with van der Waals surface area (Å²) in [5.41, 5.74) is 1.65. The lowest BCUT2D eigenvalue weighted by atomic mass is 9.98. The van der Waals surface area contributed by atoms with Gasteiger partial charge in [-0.2, -0.15) is 8.61 Å². The smallest absolute Gasteiger partial charge is 0.252 e. The van der Waals surface area contributed by atoms with Crippen molar-refractivity contribution in [1.29, 1.82) is 0 Å². The van der Waals surface area contributed by atoms with Crippen molar-refractivity contribution >= 4 is 77.6 Å². The predicted molar refractivity (Wildman–Crippen MR) is 266 cm³/mol. The minimum atomic E-state index is -3.57. The molecule has 2 aliphatic rings. The number of thioether (sulfide) groups is 2. The zero-order valence-electron chi connectivity index (χ0n) is 37.0. The molecule has 4 aromatic carbocycles. The van der Waals surface area contributed by atoms with Gasteiger partial charge in [0.2, 0.25) is 0 Å². The van der Waals surface area contributed by atoms with Gasteiger partial charge in [-0.25, -0.2) is 25.6 Å². The van der Waals surface area contributed by atoms with Crippen LogP contribution in [0.1, 0.15) is 38.8 Å². The molecule has 0 amide bonds. The van der Waals surface area contributed by atoms with Crippen LogP contribution in [0, 0.1) is 11.6 Å².